The molecule has 0 heterocycles. The molecule has 2 rings (SSSR count). The molecule has 0 bridgehead atoms. The normalized spacial score (nSPS) is 12.5. The fourth-order valence-corrected chi connectivity index (χ4v) is 3.14. The van der Waals surface area contributed by atoms with Gasteiger partial charge in [-0.05, 0) is 55.8 Å². The third-order valence-corrected chi connectivity index (χ3v) is 5.14. The topological polar surface area (TPSA) is 75.3 Å². The predicted molar refractivity (Wildman–Crippen MR) is 95.9 cm³/mol. The van der Waals surface area contributed by atoms with Crippen LogP contribution in [0.25, 0.3) is 0 Å². The minimum absolute atomic E-state index is 0.0481. The van der Waals surface area contributed by atoms with Crippen LogP contribution in [0.1, 0.15) is 30.6 Å². The molecule has 1 amide bonds. The van der Waals surface area contributed by atoms with E-state index >= 15 is 0 Å². The molecule has 0 saturated carbocycles. The molecule has 0 aliphatic rings. The fourth-order valence-electron chi connectivity index (χ4n) is 1.96. The molecule has 2 aromatic carbocycles. The molecule has 2 N–H and O–H groups in total. The number of hydrogen-bond donors (Lipinski definition) is 2. The van der Waals surface area contributed by atoms with Crippen LogP contribution >= 0.6 is 11.6 Å². The van der Waals surface area contributed by atoms with Crippen molar-refractivity contribution in [3.8, 4) is 0 Å². The van der Waals surface area contributed by atoms with Crippen LogP contribution in [-0.2, 0) is 10.0 Å². The van der Waals surface area contributed by atoms with E-state index in [1.807, 2.05) is 13.8 Å². The van der Waals surface area contributed by atoms with Crippen molar-refractivity contribution in [2.24, 2.45) is 0 Å². The van der Waals surface area contributed by atoms with Gasteiger partial charge in [-0.2, -0.15) is 0 Å². The van der Waals surface area contributed by atoms with Crippen LogP contribution in [0, 0.1) is 0 Å². The van der Waals surface area contributed by atoms with E-state index in [4.69, 9.17) is 11.6 Å². The van der Waals surface area contributed by atoms with Crippen LogP contribution in [0.2, 0.25) is 5.02 Å². The second-order valence-electron chi connectivity index (χ2n) is 5.42. The third-order valence-electron chi connectivity index (χ3n) is 3.49. The lowest BCUT2D eigenvalue weighted by Crippen LogP contribution is -2.31. The average molecular weight is 367 g/mol. The lowest BCUT2D eigenvalue weighted by atomic mass is 10.1. The Balaban J connectivity index is 2.19. The van der Waals surface area contributed by atoms with Crippen LogP contribution in [0.4, 0.5) is 5.69 Å². The van der Waals surface area contributed by atoms with E-state index in [1.54, 1.807) is 18.2 Å². The Morgan fingerprint density at radius 1 is 1.17 bits per heavy atom. The van der Waals surface area contributed by atoms with Crippen LogP contribution < -0.4 is 10.0 Å². The molecule has 24 heavy (non-hydrogen) atoms. The van der Waals surface area contributed by atoms with E-state index in [0.29, 0.717) is 16.3 Å². The van der Waals surface area contributed by atoms with Gasteiger partial charge in [0.2, 0.25) is 0 Å². The van der Waals surface area contributed by atoms with Crippen LogP contribution in [0.3, 0.4) is 0 Å². The maximum Gasteiger partial charge on any atom is 0.261 e. The fraction of sp³-hybridized carbons (Fsp3) is 0.235. The van der Waals surface area contributed by atoms with Gasteiger partial charge in [0.05, 0.1) is 4.90 Å². The van der Waals surface area contributed by atoms with Crippen LogP contribution in [0.5, 0.6) is 0 Å². The van der Waals surface area contributed by atoms with Crippen molar-refractivity contribution in [1.82, 2.24) is 5.32 Å². The SMILES string of the molecule is CCC(C)NC(=O)c1cccc(NS(=O)(=O)c2ccc(Cl)cc2)c1. The monoisotopic (exact) mass is 366 g/mol. The summed E-state index contributed by atoms with van der Waals surface area (Å²) in [6.07, 6.45) is 0.814. The lowest BCUT2D eigenvalue weighted by Gasteiger charge is -2.13. The first-order valence-corrected chi connectivity index (χ1v) is 9.37. The number of carbonyl (C=O) groups is 1. The smallest absolute Gasteiger partial charge is 0.261 e. The second kappa shape index (κ2) is 7.68. The number of halogens is 1. The molecule has 1 atom stereocenters. The van der Waals surface area contributed by atoms with Crippen molar-refractivity contribution in [3.05, 3.63) is 59.1 Å². The molecular weight excluding hydrogens is 348 g/mol. The molecule has 128 valence electrons. The molecular formula is C17H19ClN2O3S. The van der Waals surface area contributed by atoms with Gasteiger partial charge in [0.1, 0.15) is 0 Å². The summed E-state index contributed by atoms with van der Waals surface area (Å²) in [7, 11) is -3.74. The van der Waals surface area contributed by atoms with E-state index in [-0.39, 0.29) is 16.8 Å². The molecule has 0 aliphatic heterocycles. The Morgan fingerprint density at radius 3 is 2.46 bits per heavy atom. The van der Waals surface area contributed by atoms with Crippen molar-refractivity contribution >= 4 is 33.2 Å². The predicted octanol–water partition coefficient (Wildman–Crippen LogP) is 3.67. The Morgan fingerprint density at radius 2 is 1.83 bits per heavy atom. The number of amides is 1. The molecule has 0 aromatic heterocycles. The average Bonchev–Trinajstić information content (AvgIpc) is 2.55. The Bertz CT molecular complexity index is 820. The van der Waals surface area contributed by atoms with Gasteiger partial charge in [-0.25, -0.2) is 8.42 Å². The van der Waals surface area contributed by atoms with Gasteiger partial charge in [0.25, 0.3) is 15.9 Å². The highest BCUT2D eigenvalue weighted by molar-refractivity contribution is 7.92. The van der Waals surface area contributed by atoms with Crippen LogP contribution in [0.15, 0.2) is 53.4 Å². The summed E-state index contributed by atoms with van der Waals surface area (Å²) in [5.74, 6) is -0.239. The van der Waals surface area contributed by atoms with Crippen molar-refractivity contribution in [2.75, 3.05) is 4.72 Å². The molecule has 5 nitrogen and oxygen atoms in total. The van der Waals surface area contributed by atoms with E-state index in [1.165, 1.54) is 30.3 Å². The van der Waals surface area contributed by atoms with E-state index in [9.17, 15) is 13.2 Å². The number of sulfonamides is 1. The van der Waals surface area contributed by atoms with E-state index < -0.39 is 10.0 Å². The summed E-state index contributed by atoms with van der Waals surface area (Å²) in [5.41, 5.74) is 0.716. The largest absolute Gasteiger partial charge is 0.350 e. The summed E-state index contributed by atoms with van der Waals surface area (Å²) in [6, 6.07) is 12.3. The number of anilines is 1. The molecule has 0 radical (unpaired) electrons. The van der Waals surface area contributed by atoms with Gasteiger partial charge in [0.15, 0.2) is 0 Å². The molecule has 0 fully saturated rings. The van der Waals surface area contributed by atoms with Gasteiger partial charge >= 0.3 is 0 Å². The first-order chi connectivity index (χ1) is 11.3. The summed E-state index contributed by atoms with van der Waals surface area (Å²) in [4.78, 5) is 12.2. The summed E-state index contributed by atoms with van der Waals surface area (Å²) < 4.78 is 27.2. The first-order valence-electron chi connectivity index (χ1n) is 7.51. The number of rotatable bonds is 6. The van der Waals surface area contributed by atoms with Crippen LogP contribution in [-0.4, -0.2) is 20.4 Å². The highest BCUT2D eigenvalue weighted by atomic mass is 35.5. The zero-order chi connectivity index (χ0) is 17.7. The van der Waals surface area contributed by atoms with Gasteiger partial charge in [0, 0.05) is 22.3 Å². The number of hydrogen-bond acceptors (Lipinski definition) is 3. The van der Waals surface area contributed by atoms with Gasteiger partial charge < -0.3 is 5.32 Å². The highest BCUT2D eigenvalue weighted by Gasteiger charge is 2.15. The summed E-state index contributed by atoms with van der Waals surface area (Å²) in [6.45, 7) is 3.88. The molecule has 0 saturated heterocycles. The molecule has 0 aliphatic carbocycles. The second-order valence-corrected chi connectivity index (χ2v) is 7.54. The van der Waals surface area contributed by atoms with E-state index in [0.717, 1.165) is 6.42 Å². The quantitative estimate of drug-likeness (QED) is 0.819. The van der Waals surface area contributed by atoms with E-state index in [2.05, 4.69) is 10.0 Å². The summed E-state index contributed by atoms with van der Waals surface area (Å²) in [5, 5.41) is 3.30. The number of benzene rings is 2. The number of nitrogens with one attached hydrogen (secondary N) is 2. The molecule has 1 unspecified atom stereocenters. The lowest BCUT2D eigenvalue weighted by molar-refractivity contribution is 0.0939. The van der Waals surface area contributed by atoms with Gasteiger partial charge in [-0.1, -0.05) is 24.6 Å². The third kappa shape index (κ3) is 4.72. The highest BCUT2D eigenvalue weighted by Crippen LogP contribution is 2.19. The van der Waals surface area contributed by atoms with Gasteiger partial charge in [-0.3, -0.25) is 9.52 Å². The first kappa shape index (κ1) is 18.3. The van der Waals surface area contributed by atoms with Crippen molar-refractivity contribution in [3.63, 3.8) is 0 Å². The zero-order valence-electron chi connectivity index (χ0n) is 13.4. The van der Waals surface area contributed by atoms with Crippen molar-refractivity contribution in [1.29, 1.82) is 0 Å². The minimum Gasteiger partial charge on any atom is -0.350 e. The Hall–Kier alpha value is -2.05. The Kier molecular flexibility index (Phi) is 5.85. The molecule has 2 aromatic rings. The summed E-state index contributed by atoms with van der Waals surface area (Å²) >= 11 is 5.77. The zero-order valence-corrected chi connectivity index (χ0v) is 15.0. The van der Waals surface area contributed by atoms with Crippen molar-refractivity contribution < 1.29 is 13.2 Å². The minimum atomic E-state index is -3.74. The molecule has 7 heteroatoms. The standard InChI is InChI=1S/C17H19ClN2O3S/c1-3-12(2)19-17(21)13-5-4-6-15(11-13)20-24(22,23)16-9-7-14(18)8-10-16/h4-12,20H,3H2,1-2H3,(H,19,21). The molecule has 0 spiro atoms. The number of carbonyl (C=O) groups excluding carboxylic acids is 1. The van der Waals surface area contributed by atoms with Crippen molar-refractivity contribution in [2.45, 2.75) is 31.2 Å². The maximum absolute atomic E-state index is 12.4. The maximum atomic E-state index is 12.4. The van der Waals surface area contributed by atoms with Gasteiger partial charge in [-0.15, -0.1) is 0 Å². The Labute approximate surface area is 147 Å².